The molecule has 5 rings (SSSR count). The molecule has 10 nitrogen and oxygen atoms in total. The number of anilines is 1. The van der Waals surface area contributed by atoms with Gasteiger partial charge in [0.1, 0.15) is 11.4 Å². The molecule has 1 aliphatic rings. The first-order valence-electron chi connectivity index (χ1n) is 13.0. The van der Waals surface area contributed by atoms with Crippen LogP contribution in [0.1, 0.15) is 36.8 Å². The number of alkyl halides is 3. The number of para-hydroxylation sites is 2. The SMILES string of the molecule is CC(C)(C)OC(=O)N1CCN(c2nc3ccccc3c3cc(CNC(=O)c4ccccc4OC(F)(F)F)nn23)CC1. The van der Waals surface area contributed by atoms with Crippen molar-refractivity contribution in [3.05, 3.63) is 65.9 Å². The molecule has 4 aromatic rings. The first-order valence-corrected chi connectivity index (χ1v) is 13.0. The van der Waals surface area contributed by atoms with Crippen molar-refractivity contribution in [2.75, 3.05) is 31.1 Å². The minimum atomic E-state index is -4.93. The molecule has 0 aliphatic carbocycles. The number of nitrogens with zero attached hydrogens (tertiary/aromatic N) is 5. The summed E-state index contributed by atoms with van der Waals surface area (Å²) < 4.78 is 49.6. The number of halogens is 3. The van der Waals surface area contributed by atoms with Gasteiger partial charge in [-0.2, -0.15) is 9.61 Å². The second-order valence-electron chi connectivity index (χ2n) is 10.5. The molecule has 1 fully saturated rings. The molecule has 1 aliphatic heterocycles. The molecular weight excluding hydrogens is 541 g/mol. The zero-order valence-corrected chi connectivity index (χ0v) is 22.7. The summed E-state index contributed by atoms with van der Waals surface area (Å²) in [6.45, 7) is 7.31. The maximum absolute atomic E-state index is 12.8. The summed E-state index contributed by atoms with van der Waals surface area (Å²) >= 11 is 0. The van der Waals surface area contributed by atoms with Crippen LogP contribution in [0.4, 0.5) is 23.9 Å². The Hall–Kier alpha value is -4.55. The van der Waals surface area contributed by atoms with Gasteiger partial charge in [0, 0.05) is 31.6 Å². The van der Waals surface area contributed by atoms with E-state index in [0.717, 1.165) is 22.5 Å². The molecule has 0 spiro atoms. The van der Waals surface area contributed by atoms with E-state index in [1.807, 2.05) is 56.0 Å². The first kappa shape index (κ1) is 28.0. The van der Waals surface area contributed by atoms with E-state index in [2.05, 4.69) is 15.2 Å². The van der Waals surface area contributed by atoms with Crippen molar-refractivity contribution in [2.24, 2.45) is 0 Å². The second-order valence-corrected chi connectivity index (χ2v) is 10.5. The molecule has 1 saturated heterocycles. The summed E-state index contributed by atoms with van der Waals surface area (Å²) in [7, 11) is 0. The number of rotatable bonds is 5. The average Bonchev–Trinajstić information content (AvgIpc) is 3.34. The predicted molar refractivity (Wildman–Crippen MR) is 145 cm³/mol. The number of carbonyl (C=O) groups is 2. The lowest BCUT2D eigenvalue weighted by atomic mass is 10.2. The van der Waals surface area contributed by atoms with Crippen molar-refractivity contribution in [2.45, 2.75) is 39.3 Å². The number of aromatic nitrogens is 3. The van der Waals surface area contributed by atoms with Crippen LogP contribution in [0.15, 0.2) is 54.6 Å². The molecule has 41 heavy (non-hydrogen) atoms. The van der Waals surface area contributed by atoms with Crippen LogP contribution in [0.2, 0.25) is 0 Å². The third-order valence-corrected chi connectivity index (χ3v) is 6.35. The highest BCUT2D eigenvalue weighted by Crippen LogP contribution is 2.28. The van der Waals surface area contributed by atoms with Gasteiger partial charge < -0.3 is 24.6 Å². The van der Waals surface area contributed by atoms with Crippen LogP contribution in [-0.2, 0) is 11.3 Å². The highest BCUT2D eigenvalue weighted by molar-refractivity contribution is 5.97. The Morgan fingerprint density at radius 1 is 0.976 bits per heavy atom. The maximum Gasteiger partial charge on any atom is 0.573 e. The number of hydrogen-bond acceptors (Lipinski definition) is 7. The Morgan fingerprint density at radius 2 is 1.66 bits per heavy atom. The molecule has 2 aromatic heterocycles. The zero-order valence-electron chi connectivity index (χ0n) is 22.7. The predicted octanol–water partition coefficient (Wildman–Crippen LogP) is 4.77. The van der Waals surface area contributed by atoms with Crippen LogP contribution in [0.5, 0.6) is 5.75 Å². The van der Waals surface area contributed by atoms with E-state index < -0.39 is 23.6 Å². The van der Waals surface area contributed by atoms with E-state index in [4.69, 9.17) is 9.72 Å². The van der Waals surface area contributed by atoms with Gasteiger partial charge in [-0.1, -0.05) is 30.3 Å². The molecule has 216 valence electrons. The number of benzene rings is 2. The molecular formula is C28H29F3N6O4. The van der Waals surface area contributed by atoms with Crippen LogP contribution in [0.3, 0.4) is 0 Å². The lowest BCUT2D eigenvalue weighted by Gasteiger charge is -2.36. The Bertz CT molecular complexity index is 1590. The monoisotopic (exact) mass is 570 g/mol. The van der Waals surface area contributed by atoms with Crippen molar-refractivity contribution < 1.29 is 32.2 Å². The average molecular weight is 571 g/mol. The molecule has 1 N–H and O–H groups in total. The number of fused-ring (bicyclic) bond motifs is 3. The Morgan fingerprint density at radius 3 is 2.37 bits per heavy atom. The van der Waals surface area contributed by atoms with E-state index >= 15 is 0 Å². The second kappa shape index (κ2) is 10.8. The molecule has 0 radical (unpaired) electrons. The Kier molecular flexibility index (Phi) is 7.37. The van der Waals surface area contributed by atoms with Gasteiger partial charge in [0.05, 0.1) is 28.8 Å². The largest absolute Gasteiger partial charge is 0.573 e. The minimum Gasteiger partial charge on any atom is -0.444 e. The molecule has 0 unspecified atom stereocenters. The number of amides is 2. The molecule has 0 bridgehead atoms. The van der Waals surface area contributed by atoms with E-state index in [9.17, 15) is 22.8 Å². The number of nitrogens with one attached hydrogen (secondary N) is 1. The molecule has 3 heterocycles. The van der Waals surface area contributed by atoms with E-state index in [1.54, 1.807) is 9.42 Å². The molecule has 2 amide bonds. The highest BCUT2D eigenvalue weighted by Gasteiger charge is 2.33. The van der Waals surface area contributed by atoms with Crippen LogP contribution in [0.25, 0.3) is 16.4 Å². The number of ether oxygens (including phenoxy) is 2. The third kappa shape index (κ3) is 6.44. The van der Waals surface area contributed by atoms with Crippen LogP contribution >= 0.6 is 0 Å². The lowest BCUT2D eigenvalue weighted by Crippen LogP contribution is -2.50. The van der Waals surface area contributed by atoms with Gasteiger partial charge in [-0.15, -0.1) is 13.2 Å². The number of carbonyl (C=O) groups excluding carboxylic acids is 2. The van der Waals surface area contributed by atoms with Crippen molar-refractivity contribution in [3.8, 4) is 5.75 Å². The lowest BCUT2D eigenvalue weighted by molar-refractivity contribution is -0.274. The van der Waals surface area contributed by atoms with Crippen LogP contribution < -0.4 is 15.0 Å². The van der Waals surface area contributed by atoms with Gasteiger partial charge in [0.15, 0.2) is 0 Å². The first-order chi connectivity index (χ1) is 19.4. The topological polar surface area (TPSA) is 101 Å². The normalized spacial score (nSPS) is 14.4. The van der Waals surface area contributed by atoms with Gasteiger partial charge in [-0.05, 0) is 45.0 Å². The van der Waals surface area contributed by atoms with Gasteiger partial charge >= 0.3 is 12.5 Å². The van der Waals surface area contributed by atoms with Crippen molar-refractivity contribution >= 4 is 34.4 Å². The highest BCUT2D eigenvalue weighted by atomic mass is 19.4. The van der Waals surface area contributed by atoms with Gasteiger partial charge in [0.2, 0.25) is 5.95 Å². The summed E-state index contributed by atoms with van der Waals surface area (Å²) in [5, 5.41) is 8.15. The van der Waals surface area contributed by atoms with E-state index in [0.29, 0.717) is 37.8 Å². The van der Waals surface area contributed by atoms with Gasteiger partial charge in [-0.25, -0.2) is 9.78 Å². The van der Waals surface area contributed by atoms with Crippen molar-refractivity contribution in [1.29, 1.82) is 0 Å². The molecule has 2 aromatic carbocycles. The Balaban J connectivity index is 1.38. The van der Waals surface area contributed by atoms with Crippen molar-refractivity contribution in [1.82, 2.24) is 24.8 Å². The summed E-state index contributed by atoms with van der Waals surface area (Å²) in [6, 6.07) is 14.5. The maximum atomic E-state index is 12.8. The number of piperazine rings is 1. The van der Waals surface area contributed by atoms with E-state index in [1.165, 1.54) is 18.2 Å². The minimum absolute atomic E-state index is 0.0406. The fourth-order valence-corrected chi connectivity index (χ4v) is 4.56. The summed E-state index contributed by atoms with van der Waals surface area (Å²) in [5.74, 6) is -0.747. The Labute approximate surface area is 233 Å². The molecule has 13 heteroatoms. The molecule has 0 atom stereocenters. The summed E-state index contributed by atoms with van der Waals surface area (Å²) in [4.78, 5) is 33.8. The van der Waals surface area contributed by atoms with E-state index in [-0.39, 0.29) is 18.2 Å². The third-order valence-electron chi connectivity index (χ3n) is 6.35. The molecule has 0 saturated carbocycles. The fourth-order valence-electron chi connectivity index (χ4n) is 4.56. The van der Waals surface area contributed by atoms with Gasteiger partial charge in [0.25, 0.3) is 5.91 Å². The van der Waals surface area contributed by atoms with Crippen LogP contribution in [0, 0.1) is 0 Å². The van der Waals surface area contributed by atoms with Crippen molar-refractivity contribution in [3.63, 3.8) is 0 Å². The zero-order chi connectivity index (χ0) is 29.4. The fraction of sp³-hybridized carbons (Fsp3) is 0.357. The van der Waals surface area contributed by atoms with Gasteiger partial charge in [-0.3, -0.25) is 4.79 Å². The standard InChI is InChI=1S/C28H29F3N6O4/c1-27(2,3)41-26(39)36-14-12-35(13-15-36)25-33-21-10-6-4-8-19(21)22-16-18(34-37(22)25)17-32-24(38)20-9-5-7-11-23(20)40-28(29,30)31/h4-11,16H,12-15,17H2,1-3H3,(H,32,38). The number of hydrogen-bond donors (Lipinski definition) is 1. The quantitative estimate of drug-likeness (QED) is 0.369. The van der Waals surface area contributed by atoms with Crippen LogP contribution in [-0.4, -0.2) is 69.6 Å². The summed E-state index contributed by atoms with van der Waals surface area (Å²) in [6.07, 6.45) is -5.30. The smallest absolute Gasteiger partial charge is 0.444 e. The summed E-state index contributed by atoms with van der Waals surface area (Å²) in [5.41, 5.74) is 1.15.